The Morgan fingerprint density at radius 2 is 1.64 bits per heavy atom. The highest BCUT2D eigenvalue weighted by atomic mass is 19.4. The molecule has 2 aromatic carbocycles. The average Bonchev–Trinajstić information content (AvgIpc) is 3.25. The summed E-state index contributed by atoms with van der Waals surface area (Å²) in [6.45, 7) is 3.08. The molecular weight excluding hydrogens is 431 g/mol. The standard InChI is InChI=1S/C25H22F3N3O2/c1-24(2,32)21-15-31(20-10-5-4-9-19(20)25(26,27)28)23(30-21)17-8-6-7-16(13-17)18-11-12-22(33-3)29-14-18/h4-15,32H,1-3H3. The van der Waals surface area contributed by atoms with Crippen molar-refractivity contribution in [2.24, 2.45) is 0 Å². The second-order valence-corrected chi connectivity index (χ2v) is 8.06. The van der Waals surface area contributed by atoms with Gasteiger partial charge in [0.2, 0.25) is 5.88 Å². The summed E-state index contributed by atoms with van der Waals surface area (Å²) in [5.74, 6) is 0.760. The zero-order valence-electron chi connectivity index (χ0n) is 18.3. The normalized spacial score (nSPS) is 12.1. The monoisotopic (exact) mass is 453 g/mol. The molecule has 0 fully saturated rings. The second-order valence-electron chi connectivity index (χ2n) is 8.06. The van der Waals surface area contributed by atoms with Gasteiger partial charge in [0.05, 0.1) is 24.1 Å². The molecule has 8 heteroatoms. The number of rotatable bonds is 5. The number of alkyl halides is 3. The first-order valence-corrected chi connectivity index (χ1v) is 10.2. The molecule has 2 aromatic heterocycles. The molecule has 0 saturated heterocycles. The summed E-state index contributed by atoms with van der Waals surface area (Å²) < 4.78 is 47.7. The van der Waals surface area contributed by atoms with Gasteiger partial charge in [-0.25, -0.2) is 9.97 Å². The fraction of sp³-hybridized carbons (Fsp3) is 0.200. The number of methoxy groups -OCH3 is 1. The Kier molecular flexibility index (Phi) is 5.71. The van der Waals surface area contributed by atoms with E-state index in [1.165, 1.54) is 36.1 Å². The number of para-hydroxylation sites is 1. The summed E-state index contributed by atoms with van der Waals surface area (Å²) >= 11 is 0. The molecule has 33 heavy (non-hydrogen) atoms. The van der Waals surface area contributed by atoms with E-state index < -0.39 is 17.3 Å². The maximum Gasteiger partial charge on any atom is 0.418 e. The van der Waals surface area contributed by atoms with Gasteiger partial charge in [-0.05, 0) is 43.7 Å². The smallest absolute Gasteiger partial charge is 0.418 e. The van der Waals surface area contributed by atoms with Crippen molar-refractivity contribution in [3.8, 4) is 34.1 Å². The second kappa shape index (κ2) is 8.37. The van der Waals surface area contributed by atoms with Gasteiger partial charge in [-0.3, -0.25) is 4.57 Å². The SMILES string of the molecule is COc1ccc(-c2cccc(-c3nc(C(C)(C)O)cn3-c3ccccc3C(F)(F)F)c2)cn1. The lowest BCUT2D eigenvalue weighted by molar-refractivity contribution is -0.137. The Balaban J connectivity index is 1.90. The molecule has 5 nitrogen and oxygen atoms in total. The van der Waals surface area contributed by atoms with Crippen LogP contribution in [0.1, 0.15) is 25.1 Å². The predicted octanol–water partition coefficient (Wildman–Crippen LogP) is 5.86. The Morgan fingerprint density at radius 3 is 2.27 bits per heavy atom. The molecule has 0 atom stereocenters. The van der Waals surface area contributed by atoms with Gasteiger partial charge in [-0.1, -0.05) is 30.3 Å². The van der Waals surface area contributed by atoms with Crippen LogP contribution >= 0.6 is 0 Å². The average molecular weight is 453 g/mol. The molecule has 4 rings (SSSR count). The largest absolute Gasteiger partial charge is 0.481 e. The van der Waals surface area contributed by atoms with Crippen molar-refractivity contribution >= 4 is 0 Å². The third kappa shape index (κ3) is 4.61. The van der Waals surface area contributed by atoms with E-state index >= 15 is 0 Å². The van der Waals surface area contributed by atoms with E-state index in [-0.39, 0.29) is 17.2 Å². The molecule has 2 heterocycles. The number of imidazole rings is 1. The van der Waals surface area contributed by atoms with Crippen molar-refractivity contribution in [3.63, 3.8) is 0 Å². The molecule has 170 valence electrons. The van der Waals surface area contributed by atoms with Gasteiger partial charge in [0.1, 0.15) is 11.4 Å². The predicted molar refractivity (Wildman–Crippen MR) is 119 cm³/mol. The van der Waals surface area contributed by atoms with Crippen LogP contribution in [0.2, 0.25) is 0 Å². The molecule has 0 aliphatic carbocycles. The molecule has 1 N–H and O–H groups in total. The number of halogens is 3. The molecule has 0 amide bonds. The summed E-state index contributed by atoms with van der Waals surface area (Å²) in [5.41, 5.74) is 0.271. The molecular formula is C25H22F3N3O2. The summed E-state index contributed by atoms with van der Waals surface area (Å²) in [7, 11) is 1.53. The minimum absolute atomic E-state index is 0.0699. The number of ether oxygens (including phenoxy) is 1. The highest BCUT2D eigenvalue weighted by Gasteiger charge is 2.35. The van der Waals surface area contributed by atoms with Crippen LogP contribution in [0, 0.1) is 0 Å². The zero-order chi connectivity index (χ0) is 23.8. The Hall–Kier alpha value is -3.65. The van der Waals surface area contributed by atoms with E-state index in [9.17, 15) is 18.3 Å². The topological polar surface area (TPSA) is 60.2 Å². The van der Waals surface area contributed by atoms with Crippen LogP contribution in [0.5, 0.6) is 5.88 Å². The van der Waals surface area contributed by atoms with Crippen LogP contribution in [0.25, 0.3) is 28.2 Å². The van der Waals surface area contributed by atoms with E-state index in [2.05, 4.69) is 9.97 Å². The number of nitrogens with zero attached hydrogens (tertiary/aromatic N) is 3. The lowest BCUT2D eigenvalue weighted by Crippen LogP contribution is -2.16. The summed E-state index contributed by atoms with van der Waals surface area (Å²) in [5, 5.41) is 10.5. The summed E-state index contributed by atoms with van der Waals surface area (Å²) in [6.07, 6.45) is -1.45. The molecule has 0 spiro atoms. The van der Waals surface area contributed by atoms with Crippen molar-refractivity contribution < 1.29 is 23.0 Å². The van der Waals surface area contributed by atoms with Gasteiger partial charge in [0, 0.05) is 29.6 Å². The molecule has 0 aliphatic rings. The fourth-order valence-corrected chi connectivity index (χ4v) is 3.50. The lowest BCUT2D eigenvalue weighted by atomic mass is 10.0. The van der Waals surface area contributed by atoms with E-state index in [0.29, 0.717) is 11.4 Å². The fourth-order valence-electron chi connectivity index (χ4n) is 3.50. The Labute approximate surface area is 189 Å². The number of aliphatic hydroxyl groups is 1. The van der Waals surface area contributed by atoms with Crippen LogP contribution < -0.4 is 4.74 Å². The molecule has 0 radical (unpaired) electrons. The van der Waals surface area contributed by atoms with Gasteiger partial charge in [-0.2, -0.15) is 13.2 Å². The number of benzene rings is 2. The first-order valence-electron chi connectivity index (χ1n) is 10.2. The molecule has 0 saturated carbocycles. The van der Waals surface area contributed by atoms with Gasteiger partial charge in [0.15, 0.2) is 0 Å². The molecule has 0 bridgehead atoms. The summed E-state index contributed by atoms with van der Waals surface area (Å²) in [6, 6.07) is 16.1. The molecule has 4 aromatic rings. The van der Waals surface area contributed by atoms with E-state index in [4.69, 9.17) is 4.74 Å². The maximum atomic E-state index is 13.8. The first-order chi connectivity index (χ1) is 15.6. The van der Waals surface area contributed by atoms with Crippen LogP contribution in [0.3, 0.4) is 0 Å². The number of aromatic nitrogens is 3. The van der Waals surface area contributed by atoms with E-state index in [1.54, 1.807) is 38.2 Å². The highest BCUT2D eigenvalue weighted by molar-refractivity contribution is 5.71. The number of pyridine rings is 1. The van der Waals surface area contributed by atoms with E-state index in [1.807, 2.05) is 18.2 Å². The van der Waals surface area contributed by atoms with Crippen molar-refractivity contribution in [3.05, 3.63) is 84.3 Å². The molecule has 0 aliphatic heterocycles. The van der Waals surface area contributed by atoms with E-state index in [0.717, 1.165) is 17.2 Å². The number of hydrogen-bond acceptors (Lipinski definition) is 4. The quantitative estimate of drug-likeness (QED) is 0.411. The highest BCUT2D eigenvalue weighted by Crippen LogP contribution is 2.37. The number of hydrogen-bond donors (Lipinski definition) is 1. The van der Waals surface area contributed by atoms with Crippen molar-refractivity contribution in [2.75, 3.05) is 7.11 Å². The van der Waals surface area contributed by atoms with Gasteiger partial charge in [0.25, 0.3) is 0 Å². The van der Waals surface area contributed by atoms with Gasteiger partial charge in [-0.15, -0.1) is 0 Å². The lowest BCUT2D eigenvalue weighted by Gasteiger charge is -2.16. The third-order valence-corrected chi connectivity index (χ3v) is 5.20. The van der Waals surface area contributed by atoms with Gasteiger partial charge >= 0.3 is 6.18 Å². The van der Waals surface area contributed by atoms with Gasteiger partial charge < -0.3 is 9.84 Å². The maximum absolute atomic E-state index is 13.8. The molecule has 0 unspecified atom stereocenters. The van der Waals surface area contributed by atoms with Crippen LogP contribution in [-0.2, 0) is 11.8 Å². The van der Waals surface area contributed by atoms with Crippen molar-refractivity contribution in [1.29, 1.82) is 0 Å². The van der Waals surface area contributed by atoms with Crippen molar-refractivity contribution in [1.82, 2.24) is 14.5 Å². The minimum Gasteiger partial charge on any atom is -0.481 e. The van der Waals surface area contributed by atoms with Crippen LogP contribution in [-0.4, -0.2) is 26.8 Å². The zero-order valence-corrected chi connectivity index (χ0v) is 18.3. The minimum atomic E-state index is -4.55. The third-order valence-electron chi connectivity index (χ3n) is 5.20. The summed E-state index contributed by atoms with van der Waals surface area (Å²) in [4.78, 5) is 8.74. The van der Waals surface area contributed by atoms with Crippen LogP contribution in [0.4, 0.5) is 13.2 Å². The Bertz CT molecular complexity index is 1270. The first kappa shape index (κ1) is 22.5. The van der Waals surface area contributed by atoms with Crippen molar-refractivity contribution in [2.45, 2.75) is 25.6 Å². The Morgan fingerprint density at radius 1 is 0.909 bits per heavy atom. The van der Waals surface area contributed by atoms with Crippen LogP contribution in [0.15, 0.2) is 73.1 Å².